The van der Waals surface area contributed by atoms with Crippen molar-refractivity contribution in [3.05, 3.63) is 64.7 Å². The van der Waals surface area contributed by atoms with Crippen LogP contribution < -0.4 is 0 Å². The number of sulfone groups is 1. The molecule has 1 saturated heterocycles. The van der Waals surface area contributed by atoms with Gasteiger partial charge in [0, 0.05) is 56.5 Å². The summed E-state index contributed by atoms with van der Waals surface area (Å²) in [7, 11) is -3.17. The first-order valence-electron chi connectivity index (χ1n) is 13.9. The molecule has 0 spiro atoms. The Kier molecular flexibility index (Phi) is 12.1. The second kappa shape index (κ2) is 15.0. The standard InChI is InChI=1S/C30H44ClN3O3S/c1-4-17-33(25(2)24-27-9-13-29(14-10-27)38(3,36)37)18-5-6-19-34-23-22-32(21-16-30(34)35)20-15-26-7-11-28(31)12-8-26/h7-14,25H,4-6,15-24H2,1-3H3. The molecule has 8 heteroatoms. The van der Waals surface area contributed by atoms with Crippen LogP contribution >= 0.6 is 11.6 Å². The Balaban J connectivity index is 1.41. The van der Waals surface area contributed by atoms with Crippen molar-refractivity contribution in [2.75, 3.05) is 52.1 Å². The summed E-state index contributed by atoms with van der Waals surface area (Å²) in [5.41, 5.74) is 2.43. The summed E-state index contributed by atoms with van der Waals surface area (Å²) in [6.45, 7) is 10.8. The molecule has 0 aliphatic carbocycles. The molecular formula is C30H44ClN3O3S. The third-order valence-electron chi connectivity index (χ3n) is 7.45. The van der Waals surface area contributed by atoms with Crippen molar-refractivity contribution in [2.24, 2.45) is 0 Å². The van der Waals surface area contributed by atoms with Crippen molar-refractivity contribution >= 4 is 27.3 Å². The molecule has 38 heavy (non-hydrogen) atoms. The van der Waals surface area contributed by atoms with Crippen LogP contribution in [0, 0.1) is 0 Å². The minimum atomic E-state index is -3.17. The van der Waals surface area contributed by atoms with Gasteiger partial charge in [0.25, 0.3) is 0 Å². The number of nitrogens with zero attached hydrogens (tertiary/aromatic N) is 3. The van der Waals surface area contributed by atoms with Gasteiger partial charge < -0.3 is 14.7 Å². The molecule has 1 aliphatic heterocycles. The largest absolute Gasteiger partial charge is 0.341 e. The zero-order valence-electron chi connectivity index (χ0n) is 23.2. The van der Waals surface area contributed by atoms with Gasteiger partial charge >= 0.3 is 0 Å². The number of carbonyl (C=O) groups excluding carboxylic acids is 1. The molecule has 1 amide bonds. The maximum atomic E-state index is 12.7. The fourth-order valence-electron chi connectivity index (χ4n) is 5.11. The van der Waals surface area contributed by atoms with Gasteiger partial charge in [-0.1, -0.05) is 42.8 Å². The first-order valence-corrected chi connectivity index (χ1v) is 16.2. The van der Waals surface area contributed by atoms with Crippen LogP contribution in [0.4, 0.5) is 0 Å². The highest BCUT2D eigenvalue weighted by Gasteiger charge is 2.21. The summed E-state index contributed by atoms with van der Waals surface area (Å²) in [5.74, 6) is 0.273. The highest BCUT2D eigenvalue weighted by atomic mass is 35.5. The molecule has 0 saturated carbocycles. The van der Waals surface area contributed by atoms with E-state index >= 15 is 0 Å². The third kappa shape index (κ3) is 9.99. The van der Waals surface area contributed by atoms with E-state index in [0.29, 0.717) is 17.4 Å². The molecule has 1 aliphatic rings. The lowest BCUT2D eigenvalue weighted by molar-refractivity contribution is -0.130. The number of halogens is 1. The third-order valence-corrected chi connectivity index (χ3v) is 8.83. The van der Waals surface area contributed by atoms with Crippen LogP contribution in [-0.2, 0) is 27.5 Å². The number of rotatable bonds is 14. The van der Waals surface area contributed by atoms with Gasteiger partial charge in [-0.2, -0.15) is 0 Å². The zero-order valence-corrected chi connectivity index (χ0v) is 24.8. The summed E-state index contributed by atoms with van der Waals surface area (Å²) in [6.07, 6.45) is 6.85. The molecule has 2 aromatic carbocycles. The Hall–Kier alpha value is -1.93. The molecule has 0 N–H and O–H groups in total. The number of amides is 1. The summed E-state index contributed by atoms with van der Waals surface area (Å²) in [4.78, 5) is 20.1. The van der Waals surface area contributed by atoms with E-state index in [1.165, 1.54) is 11.8 Å². The molecule has 6 nitrogen and oxygen atoms in total. The van der Waals surface area contributed by atoms with Crippen LogP contribution in [0.25, 0.3) is 0 Å². The number of carbonyl (C=O) groups is 1. The van der Waals surface area contributed by atoms with Crippen LogP contribution in [0.1, 0.15) is 50.7 Å². The van der Waals surface area contributed by atoms with Gasteiger partial charge in [-0.3, -0.25) is 4.79 Å². The Morgan fingerprint density at radius 2 is 1.61 bits per heavy atom. The van der Waals surface area contributed by atoms with Crippen molar-refractivity contribution in [2.45, 2.75) is 63.3 Å². The van der Waals surface area contributed by atoms with Gasteiger partial charge in [0.15, 0.2) is 9.84 Å². The van der Waals surface area contributed by atoms with E-state index in [1.807, 2.05) is 24.3 Å². The maximum Gasteiger partial charge on any atom is 0.223 e. The summed E-state index contributed by atoms with van der Waals surface area (Å²) < 4.78 is 23.5. The lowest BCUT2D eigenvalue weighted by atomic mass is 10.1. The number of hydrogen-bond acceptors (Lipinski definition) is 5. The van der Waals surface area contributed by atoms with Gasteiger partial charge in [-0.05, 0) is 87.5 Å². The highest BCUT2D eigenvalue weighted by Crippen LogP contribution is 2.16. The Labute approximate surface area is 234 Å². The van der Waals surface area contributed by atoms with Crippen LogP contribution in [0.5, 0.6) is 0 Å². The Morgan fingerprint density at radius 1 is 0.921 bits per heavy atom. The highest BCUT2D eigenvalue weighted by molar-refractivity contribution is 7.90. The fourth-order valence-corrected chi connectivity index (χ4v) is 5.87. The first-order chi connectivity index (χ1) is 18.2. The van der Waals surface area contributed by atoms with E-state index < -0.39 is 9.84 Å². The fraction of sp³-hybridized carbons (Fsp3) is 0.567. The number of unbranched alkanes of at least 4 members (excludes halogenated alkanes) is 1. The van der Waals surface area contributed by atoms with Gasteiger partial charge in [0.1, 0.15) is 0 Å². The smallest absolute Gasteiger partial charge is 0.223 e. The van der Waals surface area contributed by atoms with E-state index in [2.05, 4.69) is 40.7 Å². The van der Waals surface area contributed by atoms with E-state index in [0.717, 1.165) is 88.5 Å². The van der Waals surface area contributed by atoms with E-state index in [1.54, 1.807) is 12.1 Å². The van der Waals surface area contributed by atoms with Gasteiger partial charge in [0.05, 0.1) is 4.90 Å². The normalized spacial score (nSPS) is 16.1. The van der Waals surface area contributed by atoms with Crippen molar-refractivity contribution < 1.29 is 13.2 Å². The second-order valence-corrected chi connectivity index (χ2v) is 13.0. The average Bonchev–Trinajstić information content (AvgIpc) is 3.06. The minimum Gasteiger partial charge on any atom is -0.341 e. The molecule has 210 valence electrons. The van der Waals surface area contributed by atoms with Crippen molar-refractivity contribution in [1.82, 2.24) is 14.7 Å². The van der Waals surface area contributed by atoms with Gasteiger partial charge in [-0.15, -0.1) is 0 Å². The molecule has 2 aromatic rings. The quantitative estimate of drug-likeness (QED) is 0.306. The van der Waals surface area contributed by atoms with Crippen LogP contribution in [0.3, 0.4) is 0 Å². The molecular weight excluding hydrogens is 518 g/mol. The van der Waals surface area contributed by atoms with E-state index in [-0.39, 0.29) is 5.91 Å². The first kappa shape index (κ1) is 30.6. The van der Waals surface area contributed by atoms with Crippen molar-refractivity contribution in [3.63, 3.8) is 0 Å². The molecule has 0 aromatic heterocycles. The predicted molar refractivity (Wildman–Crippen MR) is 157 cm³/mol. The Morgan fingerprint density at radius 3 is 2.26 bits per heavy atom. The molecule has 1 fully saturated rings. The molecule has 1 heterocycles. The lowest BCUT2D eigenvalue weighted by Crippen LogP contribution is -2.37. The maximum absolute atomic E-state index is 12.7. The zero-order chi connectivity index (χ0) is 27.5. The molecule has 1 atom stereocenters. The summed E-state index contributed by atoms with van der Waals surface area (Å²) in [5, 5.41) is 0.762. The van der Waals surface area contributed by atoms with Crippen LogP contribution in [0.15, 0.2) is 53.4 Å². The second-order valence-electron chi connectivity index (χ2n) is 10.6. The summed E-state index contributed by atoms with van der Waals surface area (Å²) >= 11 is 5.99. The number of benzene rings is 2. The van der Waals surface area contributed by atoms with Gasteiger partial charge in [0.2, 0.25) is 5.91 Å². The Bertz CT molecular complexity index is 1110. The summed E-state index contributed by atoms with van der Waals surface area (Å²) in [6, 6.07) is 15.7. The van der Waals surface area contributed by atoms with Crippen molar-refractivity contribution in [1.29, 1.82) is 0 Å². The SMILES string of the molecule is CCCN(CCCCN1CCN(CCc2ccc(Cl)cc2)CCC1=O)C(C)Cc1ccc(S(C)(=O)=O)cc1. The van der Waals surface area contributed by atoms with Crippen molar-refractivity contribution in [3.8, 4) is 0 Å². The monoisotopic (exact) mass is 561 g/mol. The molecule has 0 bridgehead atoms. The molecule has 3 rings (SSSR count). The van der Waals surface area contributed by atoms with Gasteiger partial charge in [-0.25, -0.2) is 8.42 Å². The predicted octanol–water partition coefficient (Wildman–Crippen LogP) is 4.94. The van der Waals surface area contributed by atoms with E-state index in [9.17, 15) is 13.2 Å². The lowest BCUT2D eigenvalue weighted by Gasteiger charge is -2.29. The molecule has 0 radical (unpaired) electrons. The minimum absolute atomic E-state index is 0.273. The van der Waals surface area contributed by atoms with Crippen LogP contribution in [-0.4, -0.2) is 87.1 Å². The van der Waals surface area contributed by atoms with Crippen LogP contribution in [0.2, 0.25) is 5.02 Å². The average molecular weight is 562 g/mol. The van der Waals surface area contributed by atoms with E-state index in [4.69, 9.17) is 11.6 Å². The topological polar surface area (TPSA) is 60.9 Å². The molecule has 1 unspecified atom stereocenters. The number of hydrogen-bond donors (Lipinski definition) is 0.